The van der Waals surface area contributed by atoms with Gasteiger partial charge in [0.25, 0.3) is 0 Å². The lowest BCUT2D eigenvalue weighted by Crippen LogP contribution is -2.13. The number of carbonyl (C=O) groups excluding carboxylic acids is 1. The van der Waals surface area contributed by atoms with E-state index >= 15 is 0 Å². The average molecular weight is 396 g/mol. The van der Waals surface area contributed by atoms with Crippen LogP contribution in [-0.4, -0.2) is 24.7 Å². The van der Waals surface area contributed by atoms with Gasteiger partial charge in [-0.05, 0) is 30.5 Å². The van der Waals surface area contributed by atoms with Gasteiger partial charge >= 0.3 is 10.1 Å². The molecule has 0 atom stereocenters. The van der Waals surface area contributed by atoms with Crippen LogP contribution >= 0.6 is 0 Å². The van der Waals surface area contributed by atoms with E-state index in [2.05, 4.69) is 9.97 Å². The fraction of sp³-hybridized carbons (Fsp3) is 0.190. The van der Waals surface area contributed by atoms with Crippen molar-refractivity contribution in [2.45, 2.75) is 25.5 Å². The van der Waals surface area contributed by atoms with E-state index in [0.717, 1.165) is 17.4 Å². The molecule has 3 rings (SSSR count). The Balaban J connectivity index is 1.84. The first kappa shape index (κ1) is 19.7. The number of nitrogens with zero attached hydrogens (tertiary/aromatic N) is 2. The van der Waals surface area contributed by atoms with Crippen molar-refractivity contribution in [3.63, 3.8) is 0 Å². The number of aldehydes is 1. The molecule has 0 saturated carbocycles. The number of carbonyl (C=O) groups is 1. The Hall–Kier alpha value is -3.06. The molecule has 0 saturated heterocycles. The molecule has 0 aliphatic heterocycles. The first-order valence-corrected chi connectivity index (χ1v) is 10.3. The van der Waals surface area contributed by atoms with Crippen LogP contribution in [0.4, 0.5) is 0 Å². The van der Waals surface area contributed by atoms with Crippen molar-refractivity contribution in [1.29, 1.82) is 0 Å². The zero-order chi connectivity index (χ0) is 20.0. The first-order chi connectivity index (χ1) is 13.5. The summed E-state index contributed by atoms with van der Waals surface area (Å²) in [6, 6.07) is 12.4. The number of hydrogen-bond acceptors (Lipinski definition) is 6. The zero-order valence-corrected chi connectivity index (χ0v) is 16.2. The van der Waals surface area contributed by atoms with Crippen LogP contribution in [0.3, 0.4) is 0 Å². The Morgan fingerprint density at radius 1 is 1.04 bits per heavy atom. The molecule has 0 aliphatic rings. The van der Waals surface area contributed by atoms with E-state index in [-0.39, 0.29) is 11.5 Å². The summed E-state index contributed by atoms with van der Waals surface area (Å²) in [4.78, 5) is 18.5. The molecule has 0 fully saturated rings. The van der Waals surface area contributed by atoms with Gasteiger partial charge in [-0.15, -0.1) is 0 Å². The third-order valence-electron chi connectivity index (χ3n) is 4.07. The monoisotopic (exact) mass is 396 g/mol. The molecule has 144 valence electrons. The molecule has 0 unspecified atom stereocenters. The number of benzene rings is 2. The molecule has 0 N–H and O–H groups in total. The van der Waals surface area contributed by atoms with Crippen LogP contribution in [0.15, 0.2) is 61.2 Å². The molecule has 28 heavy (non-hydrogen) atoms. The molecule has 0 aliphatic carbocycles. The van der Waals surface area contributed by atoms with Crippen molar-refractivity contribution >= 4 is 16.4 Å². The lowest BCUT2D eigenvalue weighted by atomic mass is 10.0. The maximum Gasteiger partial charge on any atom is 0.313 e. The summed E-state index contributed by atoms with van der Waals surface area (Å²) < 4.78 is 30.8. The van der Waals surface area contributed by atoms with Gasteiger partial charge in [0, 0.05) is 29.9 Å². The maximum absolute atomic E-state index is 12.7. The van der Waals surface area contributed by atoms with Gasteiger partial charge in [-0.3, -0.25) is 0 Å². The van der Waals surface area contributed by atoms with Gasteiger partial charge in [0.05, 0.1) is 0 Å². The summed E-state index contributed by atoms with van der Waals surface area (Å²) >= 11 is 0. The summed E-state index contributed by atoms with van der Waals surface area (Å²) in [6.07, 6.45) is 6.44. The second kappa shape index (κ2) is 8.75. The molecule has 3 aromatic rings. The van der Waals surface area contributed by atoms with Crippen molar-refractivity contribution in [2.75, 3.05) is 0 Å². The Morgan fingerprint density at radius 2 is 1.75 bits per heavy atom. The molecule has 1 heterocycles. The minimum absolute atomic E-state index is 0.228. The smallest absolute Gasteiger partial charge is 0.313 e. The molecule has 2 aromatic carbocycles. The highest BCUT2D eigenvalue weighted by Gasteiger charge is 2.18. The fourth-order valence-corrected chi connectivity index (χ4v) is 4.04. The lowest BCUT2D eigenvalue weighted by Gasteiger charge is -2.12. The number of aromatic nitrogens is 2. The van der Waals surface area contributed by atoms with E-state index in [9.17, 15) is 13.2 Å². The molecule has 6 nitrogen and oxygen atoms in total. The zero-order valence-electron chi connectivity index (χ0n) is 15.4. The van der Waals surface area contributed by atoms with Crippen LogP contribution in [0.2, 0.25) is 0 Å². The minimum Gasteiger partial charge on any atom is -0.382 e. The van der Waals surface area contributed by atoms with Crippen molar-refractivity contribution in [3.8, 4) is 16.9 Å². The van der Waals surface area contributed by atoms with Gasteiger partial charge in [-0.2, -0.15) is 8.42 Å². The maximum atomic E-state index is 12.7. The van der Waals surface area contributed by atoms with Gasteiger partial charge < -0.3 is 8.98 Å². The van der Waals surface area contributed by atoms with E-state index in [1.54, 1.807) is 42.7 Å². The third-order valence-corrected chi connectivity index (χ3v) is 5.19. The average Bonchev–Trinajstić information content (AvgIpc) is 2.66. The van der Waals surface area contributed by atoms with Crippen LogP contribution in [0.1, 0.15) is 23.1 Å². The highest BCUT2D eigenvalue weighted by Crippen LogP contribution is 2.30. The number of aryl methyl sites for hydroxylation is 2. The third kappa shape index (κ3) is 5.23. The predicted molar refractivity (Wildman–Crippen MR) is 106 cm³/mol. The number of para-hydroxylation sites is 1. The lowest BCUT2D eigenvalue weighted by molar-refractivity contribution is -0.107. The highest BCUT2D eigenvalue weighted by molar-refractivity contribution is 7.86. The predicted octanol–water partition coefficient (Wildman–Crippen LogP) is 3.49. The molecule has 0 radical (unpaired) electrons. The summed E-state index contributed by atoms with van der Waals surface area (Å²) in [5, 5.41) is 0. The normalized spacial score (nSPS) is 11.2. The van der Waals surface area contributed by atoms with Crippen molar-refractivity contribution in [2.24, 2.45) is 0 Å². The van der Waals surface area contributed by atoms with Gasteiger partial charge in [0.2, 0.25) is 0 Å². The van der Waals surface area contributed by atoms with Crippen molar-refractivity contribution < 1.29 is 17.4 Å². The van der Waals surface area contributed by atoms with Crippen LogP contribution < -0.4 is 4.18 Å². The van der Waals surface area contributed by atoms with Crippen molar-refractivity contribution in [3.05, 3.63) is 77.9 Å². The van der Waals surface area contributed by atoms with Crippen LogP contribution in [0, 0.1) is 6.92 Å². The van der Waals surface area contributed by atoms with E-state index in [4.69, 9.17) is 4.18 Å². The molecule has 0 bridgehead atoms. The van der Waals surface area contributed by atoms with E-state index < -0.39 is 10.1 Å². The highest BCUT2D eigenvalue weighted by atomic mass is 32.2. The molecular weight excluding hydrogens is 376 g/mol. The second-order valence-corrected chi connectivity index (χ2v) is 8.01. The van der Waals surface area contributed by atoms with E-state index in [1.165, 1.54) is 6.33 Å². The largest absolute Gasteiger partial charge is 0.382 e. The SMILES string of the molecule is Cc1cc(CCC=O)cc(CS(=O)(=O)Oc2ccccc2-c2cncnc2)c1. The van der Waals surface area contributed by atoms with E-state index in [1.807, 2.05) is 19.1 Å². The van der Waals surface area contributed by atoms with Gasteiger partial charge in [-0.25, -0.2) is 9.97 Å². The van der Waals surface area contributed by atoms with Crippen molar-refractivity contribution in [1.82, 2.24) is 9.97 Å². The Kier molecular flexibility index (Phi) is 6.16. The first-order valence-electron chi connectivity index (χ1n) is 8.76. The van der Waals surface area contributed by atoms with Gasteiger partial charge in [0.1, 0.15) is 18.4 Å². The van der Waals surface area contributed by atoms with Crippen LogP contribution in [-0.2, 0) is 27.1 Å². The number of rotatable bonds is 8. The molecule has 7 heteroatoms. The fourth-order valence-electron chi connectivity index (χ4n) is 2.99. The van der Waals surface area contributed by atoms with Crippen LogP contribution in [0.5, 0.6) is 5.75 Å². The topological polar surface area (TPSA) is 86.2 Å². The molecule has 1 aromatic heterocycles. The van der Waals surface area contributed by atoms with Crippen LogP contribution in [0.25, 0.3) is 11.1 Å². The summed E-state index contributed by atoms with van der Waals surface area (Å²) in [7, 11) is -3.88. The number of hydrogen-bond donors (Lipinski definition) is 0. The molecule has 0 spiro atoms. The van der Waals surface area contributed by atoms with Gasteiger partial charge in [-0.1, -0.05) is 42.0 Å². The Morgan fingerprint density at radius 3 is 2.50 bits per heavy atom. The summed E-state index contributed by atoms with van der Waals surface area (Å²) in [5.74, 6) is -0.0336. The summed E-state index contributed by atoms with van der Waals surface area (Å²) in [6.45, 7) is 1.89. The quantitative estimate of drug-likeness (QED) is 0.428. The Labute approximate surface area is 164 Å². The van der Waals surface area contributed by atoms with Gasteiger partial charge in [0.15, 0.2) is 5.75 Å². The summed E-state index contributed by atoms with van der Waals surface area (Å²) in [5.41, 5.74) is 3.76. The van der Waals surface area contributed by atoms with E-state index in [0.29, 0.717) is 29.5 Å². The Bertz CT molecular complexity index is 1070. The second-order valence-electron chi connectivity index (χ2n) is 6.44. The standard InChI is InChI=1S/C21H20N2O4S/c1-16-9-17(5-4-8-24)11-18(10-16)14-28(25,26)27-21-7-3-2-6-20(21)19-12-22-15-23-13-19/h2-3,6-13,15H,4-5,14H2,1H3. The molecular formula is C21H20N2O4S. The minimum atomic E-state index is -3.88. The molecule has 0 amide bonds.